The zero-order valence-corrected chi connectivity index (χ0v) is 12.6. The van der Waals surface area contributed by atoms with Gasteiger partial charge in [0.15, 0.2) is 0 Å². The average Bonchev–Trinajstić information content (AvgIpc) is 2.80. The zero-order valence-electron chi connectivity index (χ0n) is 12.6. The number of carbonyl (C=O) groups excluding carboxylic acids is 2. The smallest absolute Gasteiger partial charge is 0.263 e. The third-order valence-electron chi connectivity index (χ3n) is 3.27. The molecule has 0 aromatic heterocycles. The van der Waals surface area contributed by atoms with Crippen molar-refractivity contribution in [1.82, 2.24) is 4.90 Å². The van der Waals surface area contributed by atoms with Crippen molar-refractivity contribution in [2.45, 2.75) is 6.92 Å². The number of carbonyl (C=O) groups is 2. The molecule has 0 N–H and O–H groups in total. The molecule has 1 atom stereocenters. The van der Waals surface area contributed by atoms with Crippen molar-refractivity contribution in [3.63, 3.8) is 0 Å². The number of amides is 2. The summed E-state index contributed by atoms with van der Waals surface area (Å²) in [6.07, 6.45) is 1.38. The molecule has 1 heterocycles. The van der Waals surface area contributed by atoms with Crippen molar-refractivity contribution in [3.05, 3.63) is 42.0 Å². The summed E-state index contributed by atoms with van der Waals surface area (Å²) in [6.45, 7) is 1.71. The minimum atomic E-state index is -0.696. The third-order valence-corrected chi connectivity index (χ3v) is 3.27. The van der Waals surface area contributed by atoms with E-state index in [9.17, 15) is 9.59 Å². The number of benzene rings is 1. The van der Waals surface area contributed by atoms with Crippen LogP contribution in [0.1, 0.15) is 6.92 Å². The van der Waals surface area contributed by atoms with Crippen LogP contribution in [-0.2, 0) is 9.59 Å². The molecule has 0 saturated heterocycles. The minimum Gasteiger partial charge on any atom is -0.344 e. The first-order chi connectivity index (χ1) is 10.5. The molecule has 0 radical (unpaired) electrons. The van der Waals surface area contributed by atoms with E-state index < -0.39 is 11.8 Å². The quantitative estimate of drug-likeness (QED) is 0.627. The lowest BCUT2D eigenvalue weighted by Gasteiger charge is -2.13. The van der Waals surface area contributed by atoms with Gasteiger partial charge in [-0.2, -0.15) is 15.4 Å². The largest absolute Gasteiger partial charge is 0.344 e. The van der Waals surface area contributed by atoms with E-state index in [0.29, 0.717) is 11.4 Å². The van der Waals surface area contributed by atoms with E-state index in [-0.39, 0.29) is 11.5 Å². The Labute approximate surface area is 128 Å². The van der Waals surface area contributed by atoms with Gasteiger partial charge in [0, 0.05) is 14.1 Å². The Bertz CT molecular complexity index is 699. The van der Waals surface area contributed by atoms with Gasteiger partial charge in [-0.05, 0) is 25.1 Å². The van der Waals surface area contributed by atoms with Gasteiger partial charge in [0.2, 0.25) is 0 Å². The van der Waals surface area contributed by atoms with Crippen LogP contribution in [0.3, 0.4) is 0 Å². The van der Waals surface area contributed by atoms with E-state index in [4.69, 9.17) is 5.26 Å². The van der Waals surface area contributed by atoms with Gasteiger partial charge in [-0.3, -0.25) is 9.59 Å². The van der Waals surface area contributed by atoms with Crippen molar-refractivity contribution in [3.8, 4) is 6.07 Å². The predicted molar refractivity (Wildman–Crippen MR) is 82.9 cm³/mol. The second kappa shape index (κ2) is 6.22. The van der Waals surface area contributed by atoms with Gasteiger partial charge in [0.05, 0.1) is 17.3 Å². The standard InChI is InChI=1S/C16H16N4O2/c1-11-14(9-12(10-17)15(21)19(2)3)16(22)20(18-11)13-7-5-4-6-8-13/h4-9,14H,1-3H3/b12-9-/t14-/m0/s1. The molecule has 0 spiro atoms. The molecule has 1 aromatic carbocycles. The van der Waals surface area contributed by atoms with Gasteiger partial charge in [0.1, 0.15) is 11.6 Å². The molecule has 1 aromatic rings. The summed E-state index contributed by atoms with van der Waals surface area (Å²) in [5.74, 6) is -1.40. The molecule has 22 heavy (non-hydrogen) atoms. The lowest BCUT2D eigenvalue weighted by atomic mass is 10.0. The lowest BCUT2D eigenvalue weighted by molar-refractivity contribution is -0.124. The summed E-state index contributed by atoms with van der Waals surface area (Å²) in [5, 5.41) is 14.7. The Morgan fingerprint density at radius 3 is 2.55 bits per heavy atom. The van der Waals surface area contributed by atoms with Crippen LogP contribution in [0.2, 0.25) is 0 Å². The number of para-hydroxylation sites is 1. The molecule has 0 fully saturated rings. The number of likely N-dealkylation sites (N-methyl/N-ethyl adjacent to an activating group) is 1. The van der Waals surface area contributed by atoms with Gasteiger partial charge < -0.3 is 4.90 Å². The second-order valence-corrected chi connectivity index (χ2v) is 5.10. The molecule has 1 aliphatic rings. The SMILES string of the molecule is CC1=NN(c2ccccc2)C(=O)[C@H]1/C=C(/C#N)C(=O)N(C)C. The van der Waals surface area contributed by atoms with Gasteiger partial charge in [-0.15, -0.1) is 0 Å². The van der Waals surface area contributed by atoms with Gasteiger partial charge in [-0.25, -0.2) is 0 Å². The summed E-state index contributed by atoms with van der Waals surface area (Å²) in [7, 11) is 3.11. The summed E-state index contributed by atoms with van der Waals surface area (Å²) in [4.78, 5) is 25.7. The average molecular weight is 296 g/mol. The number of hydrazone groups is 1. The molecule has 0 aliphatic carbocycles. The predicted octanol–water partition coefficient (Wildman–Crippen LogP) is 1.56. The topological polar surface area (TPSA) is 76.8 Å². The van der Waals surface area contributed by atoms with Crippen molar-refractivity contribution in [2.75, 3.05) is 19.1 Å². The Hall–Kier alpha value is -2.94. The van der Waals surface area contributed by atoms with Crippen LogP contribution < -0.4 is 5.01 Å². The van der Waals surface area contributed by atoms with Gasteiger partial charge in [0.25, 0.3) is 11.8 Å². The molecule has 2 rings (SSSR count). The van der Waals surface area contributed by atoms with Crippen LogP contribution in [0.4, 0.5) is 5.69 Å². The van der Waals surface area contributed by atoms with Crippen LogP contribution in [0.25, 0.3) is 0 Å². The number of anilines is 1. The Morgan fingerprint density at radius 2 is 2.00 bits per heavy atom. The summed E-state index contributed by atoms with van der Waals surface area (Å²) < 4.78 is 0. The highest BCUT2D eigenvalue weighted by molar-refractivity contribution is 6.17. The van der Waals surface area contributed by atoms with Crippen molar-refractivity contribution in [2.24, 2.45) is 11.0 Å². The number of rotatable bonds is 3. The van der Waals surface area contributed by atoms with E-state index >= 15 is 0 Å². The van der Waals surface area contributed by atoms with Crippen LogP contribution in [0.15, 0.2) is 47.1 Å². The van der Waals surface area contributed by atoms with Crippen LogP contribution in [0, 0.1) is 17.2 Å². The molecule has 0 bridgehead atoms. The monoisotopic (exact) mass is 296 g/mol. The van der Waals surface area contributed by atoms with Gasteiger partial charge >= 0.3 is 0 Å². The minimum absolute atomic E-state index is 0.0622. The van der Waals surface area contributed by atoms with Crippen LogP contribution in [0.5, 0.6) is 0 Å². The highest BCUT2D eigenvalue weighted by Crippen LogP contribution is 2.25. The maximum absolute atomic E-state index is 12.5. The van der Waals surface area contributed by atoms with E-state index in [1.807, 2.05) is 24.3 Å². The first-order valence-electron chi connectivity index (χ1n) is 6.73. The summed E-state index contributed by atoms with van der Waals surface area (Å²) in [6, 6.07) is 10.9. The zero-order chi connectivity index (χ0) is 16.3. The highest BCUT2D eigenvalue weighted by atomic mass is 16.2. The second-order valence-electron chi connectivity index (χ2n) is 5.10. The van der Waals surface area contributed by atoms with Crippen molar-refractivity contribution >= 4 is 23.2 Å². The van der Waals surface area contributed by atoms with Crippen LogP contribution >= 0.6 is 0 Å². The first-order valence-corrected chi connectivity index (χ1v) is 6.73. The van der Waals surface area contributed by atoms with Crippen molar-refractivity contribution < 1.29 is 9.59 Å². The Balaban J connectivity index is 2.32. The van der Waals surface area contributed by atoms with E-state index in [0.717, 1.165) is 0 Å². The number of hydrogen-bond acceptors (Lipinski definition) is 4. The normalized spacial score (nSPS) is 18.0. The molecule has 0 unspecified atom stereocenters. The molecule has 1 aliphatic heterocycles. The maximum atomic E-state index is 12.5. The number of nitrogens with zero attached hydrogens (tertiary/aromatic N) is 4. The first kappa shape index (κ1) is 15.4. The van der Waals surface area contributed by atoms with Crippen molar-refractivity contribution in [1.29, 1.82) is 5.26 Å². The van der Waals surface area contributed by atoms with Crippen LogP contribution in [-0.4, -0.2) is 36.5 Å². The highest BCUT2D eigenvalue weighted by Gasteiger charge is 2.33. The molecule has 112 valence electrons. The Kier molecular flexibility index (Phi) is 4.37. The molecule has 6 heteroatoms. The summed E-state index contributed by atoms with van der Waals surface area (Å²) in [5.41, 5.74) is 1.14. The fraction of sp³-hybridized carbons (Fsp3) is 0.250. The van der Waals surface area contributed by atoms with E-state index in [1.165, 1.54) is 16.0 Å². The number of nitriles is 1. The Morgan fingerprint density at radius 1 is 1.36 bits per heavy atom. The fourth-order valence-corrected chi connectivity index (χ4v) is 2.09. The number of hydrogen-bond donors (Lipinski definition) is 0. The molecular weight excluding hydrogens is 280 g/mol. The molecular formula is C16H16N4O2. The third kappa shape index (κ3) is 2.88. The molecule has 0 saturated carbocycles. The lowest BCUT2D eigenvalue weighted by Crippen LogP contribution is -2.28. The van der Waals surface area contributed by atoms with Gasteiger partial charge in [-0.1, -0.05) is 18.2 Å². The maximum Gasteiger partial charge on any atom is 0.263 e. The van der Waals surface area contributed by atoms with E-state index in [1.54, 1.807) is 33.2 Å². The molecule has 2 amide bonds. The molecule has 6 nitrogen and oxygen atoms in total. The fourth-order valence-electron chi connectivity index (χ4n) is 2.09. The van der Waals surface area contributed by atoms with E-state index in [2.05, 4.69) is 5.10 Å². The summed E-state index contributed by atoms with van der Waals surface area (Å²) >= 11 is 0.